The summed E-state index contributed by atoms with van der Waals surface area (Å²) >= 11 is 0. The van der Waals surface area contributed by atoms with Crippen LogP contribution in [0.2, 0.25) is 0 Å². The molecule has 5 amide bonds. The van der Waals surface area contributed by atoms with Gasteiger partial charge in [-0.15, -0.1) is 0 Å². The molecule has 0 bridgehead atoms. The van der Waals surface area contributed by atoms with Crippen molar-refractivity contribution in [3.05, 3.63) is 82.9 Å². The van der Waals surface area contributed by atoms with E-state index in [0.717, 1.165) is 57.7 Å². The molecule has 3 aromatic carbocycles. The maximum atomic E-state index is 13.4. The first kappa shape index (κ1) is 42.8. The van der Waals surface area contributed by atoms with Crippen LogP contribution in [0.4, 0.5) is 22.7 Å². The van der Waals surface area contributed by atoms with E-state index >= 15 is 0 Å². The summed E-state index contributed by atoms with van der Waals surface area (Å²) in [6, 6.07) is 15.7. The molecule has 0 unspecified atom stereocenters. The largest absolute Gasteiger partial charge is 0.352 e. The van der Waals surface area contributed by atoms with Crippen molar-refractivity contribution in [2.24, 2.45) is 5.10 Å². The second-order valence-corrected chi connectivity index (χ2v) is 13.3. The number of benzene rings is 3. The summed E-state index contributed by atoms with van der Waals surface area (Å²) in [5.41, 5.74) is 5.51. The Morgan fingerprint density at radius 3 is 1.75 bits per heavy atom. The van der Waals surface area contributed by atoms with E-state index in [1.807, 2.05) is 0 Å². The Bertz CT molecular complexity index is 1870. The lowest BCUT2D eigenvalue weighted by molar-refractivity contribution is -0.116. The number of fused-ring (bicyclic) bond motifs is 1. The van der Waals surface area contributed by atoms with Gasteiger partial charge in [0.25, 0.3) is 23.6 Å². The highest BCUT2D eigenvalue weighted by Gasteiger charge is 2.21. The van der Waals surface area contributed by atoms with Crippen LogP contribution in [0.25, 0.3) is 0 Å². The third-order valence-electron chi connectivity index (χ3n) is 9.36. The first-order chi connectivity index (χ1) is 26.9. The Labute approximate surface area is 328 Å². The average Bonchev–Trinajstić information content (AvgIpc) is 3.57. The van der Waals surface area contributed by atoms with E-state index in [-0.39, 0.29) is 52.2 Å². The Balaban J connectivity index is 1.43. The molecule has 15 nitrogen and oxygen atoms in total. The molecule has 6 N–H and O–H groups in total. The minimum absolute atomic E-state index is 0.140. The molecule has 3 aromatic rings. The highest BCUT2D eigenvalue weighted by atomic mass is 16.2. The van der Waals surface area contributed by atoms with Gasteiger partial charge in [0.2, 0.25) is 5.91 Å². The fourth-order valence-corrected chi connectivity index (χ4v) is 6.05. The van der Waals surface area contributed by atoms with Gasteiger partial charge in [-0.2, -0.15) is 5.10 Å². The van der Waals surface area contributed by atoms with Crippen LogP contribution in [0.1, 0.15) is 84.1 Å². The maximum absolute atomic E-state index is 13.4. The van der Waals surface area contributed by atoms with Gasteiger partial charge in [0.15, 0.2) is 11.5 Å². The lowest BCUT2D eigenvalue weighted by atomic mass is 10.1. The molecule has 0 saturated carbocycles. The molecular weight excluding hydrogens is 715 g/mol. The first-order valence-corrected chi connectivity index (χ1v) is 19.1. The van der Waals surface area contributed by atoms with Crippen LogP contribution < -0.4 is 32.0 Å². The minimum atomic E-state index is -0.742. The van der Waals surface area contributed by atoms with Crippen LogP contribution in [0.5, 0.6) is 0 Å². The average molecular weight is 768 g/mol. The number of nitrogens with zero attached hydrogens (tertiary/aromatic N) is 3. The number of rotatable bonds is 21. The number of hydrazone groups is 1. The molecule has 1 heterocycles. The number of amides is 5. The van der Waals surface area contributed by atoms with Crippen molar-refractivity contribution < 1.29 is 28.8 Å². The number of carbonyl (C=O) groups excluding carboxylic acids is 6. The van der Waals surface area contributed by atoms with Gasteiger partial charge in [0.1, 0.15) is 0 Å². The summed E-state index contributed by atoms with van der Waals surface area (Å²) in [5.74, 6) is -2.66. The molecular formula is C41H53N9O6. The third-order valence-corrected chi connectivity index (χ3v) is 9.36. The van der Waals surface area contributed by atoms with Crippen LogP contribution in [-0.4, -0.2) is 103 Å². The van der Waals surface area contributed by atoms with Crippen molar-refractivity contribution in [3.63, 3.8) is 0 Å². The first-order valence-electron chi connectivity index (χ1n) is 19.1. The highest BCUT2D eigenvalue weighted by Crippen LogP contribution is 2.26. The number of ketones is 1. The standard InChI is InChI=1S/C41H53N9O6/c1-6-49(7-2)20-10-18-42-38(53)30-22-31(39(54)43-19-11-21-50(8-3)9-4)24-34(23-30)45-40(55)28-12-15-32(16-13-28)47-48-37(27(5)51)41(56)44-33-17-14-29-25-36(52)46-35(29)26-33/h12-17,22-24,26,47H,6-11,18-21,25H2,1-5H3,(H,42,53)(H,43,54)(H,44,56)(H,45,55)(H,46,52)/b48-37-. The number of nitrogens with one attached hydrogen (secondary N) is 6. The highest BCUT2D eigenvalue weighted by molar-refractivity contribution is 6.67. The van der Waals surface area contributed by atoms with E-state index in [0.29, 0.717) is 30.2 Å². The summed E-state index contributed by atoms with van der Waals surface area (Å²) in [7, 11) is 0. The zero-order chi connectivity index (χ0) is 40.6. The number of Topliss-reactive ketones (excluding diaryl/α,β-unsaturated/α-hetero) is 1. The fourth-order valence-electron chi connectivity index (χ4n) is 6.05. The lowest BCUT2D eigenvalue weighted by Gasteiger charge is -2.18. The zero-order valence-corrected chi connectivity index (χ0v) is 32.8. The maximum Gasteiger partial charge on any atom is 0.279 e. The molecule has 1 aliphatic heterocycles. The van der Waals surface area contributed by atoms with Gasteiger partial charge in [0.05, 0.1) is 12.1 Å². The number of hydrogen-bond acceptors (Lipinski definition) is 10. The van der Waals surface area contributed by atoms with Gasteiger partial charge in [-0.25, -0.2) is 0 Å². The van der Waals surface area contributed by atoms with Gasteiger partial charge in [-0.3, -0.25) is 34.2 Å². The second kappa shape index (κ2) is 21.2. The molecule has 0 aromatic heterocycles. The smallest absolute Gasteiger partial charge is 0.279 e. The molecule has 298 valence electrons. The molecule has 1 aliphatic rings. The Hall–Kier alpha value is -5.93. The molecule has 4 rings (SSSR count). The van der Waals surface area contributed by atoms with Crippen LogP contribution in [0, 0.1) is 0 Å². The van der Waals surface area contributed by atoms with Crippen molar-refractivity contribution in [2.45, 2.75) is 53.9 Å². The molecule has 0 atom stereocenters. The van der Waals surface area contributed by atoms with E-state index in [4.69, 9.17) is 0 Å². The van der Waals surface area contributed by atoms with E-state index in [2.05, 4.69) is 74.6 Å². The predicted octanol–water partition coefficient (Wildman–Crippen LogP) is 4.35. The zero-order valence-electron chi connectivity index (χ0n) is 32.8. The minimum Gasteiger partial charge on any atom is -0.352 e. The van der Waals surface area contributed by atoms with Crippen LogP contribution in [0.15, 0.2) is 65.8 Å². The molecule has 0 radical (unpaired) electrons. The number of hydrogen-bond donors (Lipinski definition) is 6. The van der Waals surface area contributed by atoms with Crippen molar-refractivity contribution >= 4 is 63.8 Å². The molecule has 15 heteroatoms. The summed E-state index contributed by atoms with van der Waals surface area (Å²) < 4.78 is 0. The number of carbonyl (C=O) groups is 6. The monoisotopic (exact) mass is 767 g/mol. The fraction of sp³-hybridized carbons (Fsp3) is 0.390. The van der Waals surface area contributed by atoms with Gasteiger partial charge in [-0.1, -0.05) is 33.8 Å². The van der Waals surface area contributed by atoms with E-state index < -0.39 is 17.6 Å². The number of anilines is 4. The molecule has 0 fully saturated rings. The van der Waals surface area contributed by atoms with Crippen LogP contribution in [-0.2, 0) is 20.8 Å². The summed E-state index contributed by atoms with van der Waals surface area (Å²) in [4.78, 5) is 81.3. The van der Waals surface area contributed by atoms with Crippen molar-refractivity contribution in [1.82, 2.24) is 20.4 Å². The van der Waals surface area contributed by atoms with Crippen LogP contribution in [0.3, 0.4) is 0 Å². The molecule has 56 heavy (non-hydrogen) atoms. The quantitative estimate of drug-likeness (QED) is 0.0396. The predicted molar refractivity (Wildman–Crippen MR) is 219 cm³/mol. The molecule has 0 spiro atoms. The second-order valence-electron chi connectivity index (χ2n) is 13.3. The van der Waals surface area contributed by atoms with E-state index in [1.165, 1.54) is 37.3 Å². The Morgan fingerprint density at radius 1 is 0.661 bits per heavy atom. The Morgan fingerprint density at radius 2 is 1.21 bits per heavy atom. The SMILES string of the molecule is CCN(CC)CCCNC(=O)c1cc(NC(=O)c2ccc(N/N=C(/C(C)=O)C(=O)Nc3ccc4c(c3)NC(=O)C4)cc2)cc(C(=O)NCCCN(CC)CC)c1. The van der Waals surface area contributed by atoms with Gasteiger partial charge in [0, 0.05) is 53.8 Å². The van der Waals surface area contributed by atoms with Gasteiger partial charge >= 0.3 is 0 Å². The topological polar surface area (TPSA) is 193 Å². The summed E-state index contributed by atoms with van der Waals surface area (Å²) in [5, 5.41) is 18.0. The normalized spacial score (nSPS) is 12.2. The van der Waals surface area contributed by atoms with Crippen molar-refractivity contribution in [2.75, 3.05) is 73.7 Å². The van der Waals surface area contributed by atoms with Crippen molar-refractivity contribution in [3.8, 4) is 0 Å². The summed E-state index contributed by atoms with van der Waals surface area (Å²) in [6.45, 7) is 15.9. The Kier molecular flexibility index (Phi) is 16.2. The molecule has 0 saturated heterocycles. The van der Waals surface area contributed by atoms with E-state index in [1.54, 1.807) is 30.3 Å². The van der Waals surface area contributed by atoms with Gasteiger partial charge < -0.3 is 36.4 Å². The van der Waals surface area contributed by atoms with Gasteiger partial charge in [-0.05, 0) is 112 Å². The third kappa shape index (κ3) is 12.6. The van der Waals surface area contributed by atoms with Crippen molar-refractivity contribution in [1.29, 1.82) is 0 Å². The van der Waals surface area contributed by atoms with E-state index in [9.17, 15) is 28.8 Å². The molecule has 0 aliphatic carbocycles. The lowest BCUT2D eigenvalue weighted by Crippen LogP contribution is -2.31. The van der Waals surface area contributed by atoms with Crippen LogP contribution >= 0.6 is 0 Å². The summed E-state index contributed by atoms with van der Waals surface area (Å²) in [6.07, 6.45) is 1.79.